The van der Waals surface area contributed by atoms with E-state index in [1.807, 2.05) is 0 Å². The lowest BCUT2D eigenvalue weighted by Gasteiger charge is -2.12. The molecule has 0 radical (unpaired) electrons. The van der Waals surface area contributed by atoms with Crippen LogP contribution >= 0.6 is 0 Å². The summed E-state index contributed by atoms with van der Waals surface area (Å²) in [6.45, 7) is 1.59. The van der Waals surface area contributed by atoms with Crippen molar-refractivity contribution in [3.8, 4) is 0 Å². The molecule has 0 aliphatic rings. The van der Waals surface area contributed by atoms with Crippen LogP contribution in [0.4, 0.5) is 10.1 Å². The Morgan fingerprint density at radius 3 is 2.86 bits per heavy atom. The number of benzene rings is 1. The predicted octanol–water partition coefficient (Wildman–Crippen LogP) is 1.81. The first-order valence-corrected chi connectivity index (χ1v) is 6.18. The van der Waals surface area contributed by atoms with Crippen molar-refractivity contribution in [1.82, 2.24) is 15.1 Å². The maximum absolute atomic E-state index is 13.4. The van der Waals surface area contributed by atoms with Crippen LogP contribution in [0.1, 0.15) is 18.5 Å². The van der Waals surface area contributed by atoms with Gasteiger partial charge in [-0.1, -0.05) is 18.2 Å². The van der Waals surface area contributed by atoms with Gasteiger partial charge in [-0.3, -0.25) is 19.6 Å². The van der Waals surface area contributed by atoms with E-state index in [9.17, 15) is 19.3 Å². The third-order valence-corrected chi connectivity index (χ3v) is 2.99. The van der Waals surface area contributed by atoms with Gasteiger partial charge in [-0.15, -0.1) is 0 Å². The van der Waals surface area contributed by atoms with Gasteiger partial charge in [0.15, 0.2) is 0 Å². The van der Waals surface area contributed by atoms with Crippen molar-refractivity contribution in [1.29, 1.82) is 0 Å². The van der Waals surface area contributed by atoms with Crippen molar-refractivity contribution in [3.05, 3.63) is 58.2 Å². The summed E-state index contributed by atoms with van der Waals surface area (Å²) in [7, 11) is 0. The number of halogens is 1. The first-order valence-electron chi connectivity index (χ1n) is 6.18. The maximum Gasteiger partial charge on any atom is 0.307 e. The Bertz CT molecular complexity index is 671. The number of nitro groups is 1. The fourth-order valence-electron chi connectivity index (χ4n) is 1.73. The first kappa shape index (κ1) is 14.6. The van der Waals surface area contributed by atoms with Crippen LogP contribution in [0.3, 0.4) is 0 Å². The zero-order valence-electron chi connectivity index (χ0n) is 11.2. The van der Waals surface area contributed by atoms with Crippen LogP contribution in [0, 0.1) is 15.9 Å². The van der Waals surface area contributed by atoms with Gasteiger partial charge < -0.3 is 5.32 Å². The van der Waals surface area contributed by atoms with Crippen LogP contribution in [-0.4, -0.2) is 20.6 Å². The van der Waals surface area contributed by atoms with Crippen molar-refractivity contribution in [3.63, 3.8) is 0 Å². The number of carbonyl (C=O) groups is 1. The number of rotatable bonds is 5. The van der Waals surface area contributed by atoms with Gasteiger partial charge in [0.1, 0.15) is 24.3 Å². The summed E-state index contributed by atoms with van der Waals surface area (Å²) in [5, 5.41) is 16.9. The average molecular weight is 292 g/mol. The number of carbonyl (C=O) groups excluding carboxylic acids is 1. The number of aromatic nitrogens is 2. The molecule has 0 fully saturated rings. The van der Waals surface area contributed by atoms with E-state index in [1.165, 1.54) is 16.9 Å². The second-order valence-electron chi connectivity index (χ2n) is 4.42. The number of nitrogens with one attached hydrogen (secondary N) is 1. The minimum atomic E-state index is -0.731. The molecule has 0 aliphatic carbocycles. The fraction of sp³-hybridized carbons (Fsp3) is 0.231. The highest BCUT2D eigenvalue weighted by molar-refractivity contribution is 5.79. The lowest BCUT2D eigenvalue weighted by molar-refractivity contribution is -0.385. The highest BCUT2D eigenvalue weighted by Gasteiger charge is 2.19. The topological polar surface area (TPSA) is 90.1 Å². The molecule has 110 valence electrons. The van der Waals surface area contributed by atoms with E-state index in [2.05, 4.69) is 10.4 Å². The van der Waals surface area contributed by atoms with E-state index in [1.54, 1.807) is 25.1 Å². The summed E-state index contributed by atoms with van der Waals surface area (Å²) in [6, 6.07) is 5.38. The Balaban J connectivity index is 1.99. The van der Waals surface area contributed by atoms with Crippen molar-refractivity contribution in [2.45, 2.75) is 19.5 Å². The molecule has 0 unspecified atom stereocenters. The molecule has 1 amide bonds. The summed E-state index contributed by atoms with van der Waals surface area (Å²) in [4.78, 5) is 21.9. The molecule has 0 saturated heterocycles. The molecule has 7 nitrogen and oxygen atoms in total. The SMILES string of the molecule is C[C@H](C(=O)NCc1ccccc1F)n1cc([N+](=O)[O-])cn1. The van der Waals surface area contributed by atoms with Gasteiger partial charge in [-0.2, -0.15) is 5.10 Å². The number of hydrogen-bond acceptors (Lipinski definition) is 4. The van der Waals surface area contributed by atoms with Crippen LogP contribution in [0.2, 0.25) is 0 Å². The molecule has 0 spiro atoms. The standard InChI is InChI=1S/C13H13FN4O3/c1-9(17-8-11(7-16-17)18(20)21)13(19)15-6-10-4-2-3-5-12(10)14/h2-5,7-9H,6H2,1H3,(H,15,19)/t9-/m1/s1. The smallest absolute Gasteiger partial charge is 0.307 e. The van der Waals surface area contributed by atoms with Crippen LogP contribution in [0.15, 0.2) is 36.7 Å². The number of amides is 1. The molecule has 1 aromatic heterocycles. The molecule has 21 heavy (non-hydrogen) atoms. The number of nitrogens with zero attached hydrogens (tertiary/aromatic N) is 3. The molecule has 1 atom stereocenters. The van der Waals surface area contributed by atoms with Crippen LogP contribution in [0.25, 0.3) is 0 Å². The quantitative estimate of drug-likeness (QED) is 0.672. The molecule has 0 bridgehead atoms. The molecular formula is C13H13FN4O3. The van der Waals surface area contributed by atoms with E-state index in [0.717, 1.165) is 6.20 Å². The Morgan fingerprint density at radius 1 is 1.52 bits per heavy atom. The van der Waals surface area contributed by atoms with E-state index in [0.29, 0.717) is 5.56 Å². The van der Waals surface area contributed by atoms with Gasteiger partial charge in [0.05, 0.1) is 4.92 Å². The highest BCUT2D eigenvalue weighted by Crippen LogP contribution is 2.13. The van der Waals surface area contributed by atoms with Crippen molar-refractivity contribution >= 4 is 11.6 Å². The second kappa shape index (κ2) is 6.12. The third kappa shape index (κ3) is 3.41. The first-order chi connectivity index (χ1) is 9.99. The van der Waals surface area contributed by atoms with Crippen molar-refractivity contribution < 1.29 is 14.1 Å². The Labute approximate surface area is 119 Å². The molecule has 0 aliphatic heterocycles. The summed E-state index contributed by atoms with van der Waals surface area (Å²) in [5.74, 6) is -0.809. The lowest BCUT2D eigenvalue weighted by Crippen LogP contribution is -2.31. The Kier molecular flexibility index (Phi) is 4.27. The normalized spacial score (nSPS) is 11.9. The molecule has 8 heteroatoms. The molecule has 0 saturated carbocycles. The molecule has 2 rings (SSSR count). The monoisotopic (exact) mass is 292 g/mol. The van der Waals surface area contributed by atoms with Crippen molar-refractivity contribution in [2.75, 3.05) is 0 Å². The van der Waals surface area contributed by atoms with Gasteiger partial charge in [0.2, 0.25) is 5.91 Å². The second-order valence-corrected chi connectivity index (χ2v) is 4.42. The third-order valence-electron chi connectivity index (χ3n) is 2.99. The van der Waals surface area contributed by atoms with Gasteiger partial charge in [-0.05, 0) is 13.0 Å². The van der Waals surface area contributed by atoms with Crippen LogP contribution in [0.5, 0.6) is 0 Å². The summed E-state index contributed by atoms with van der Waals surface area (Å²) in [6.07, 6.45) is 2.24. The largest absolute Gasteiger partial charge is 0.350 e. The fourth-order valence-corrected chi connectivity index (χ4v) is 1.73. The highest BCUT2D eigenvalue weighted by atomic mass is 19.1. The van der Waals surface area contributed by atoms with Crippen LogP contribution in [-0.2, 0) is 11.3 Å². The maximum atomic E-state index is 13.4. The van der Waals surface area contributed by atoms with Crippen LogP contribution < -0.4 is 5.32 Å². The van der Waals surface area contributed by atoms with E-state index < -0.39 is 22.7 Å². The summed E-state index contributed by atoms with van der Waals surface area (Å²) < 4.78 is 14.6. The Morgan fingerprint density at radius 2 is 2.24 bits per heavy atom. The van der Waals surface area contributed by atoms with E-state index >= 15 is 0 Å². The van der Waals surface area contributed by atoms with E-state index in [-0.39, 0.29) is 12.2 Å². The zero-order chi connectivity index (χ0) is 15.4. The van der Waals surface area contributed by atoms with Gasteiger partial charge in [0, 0.05) is 12.1 Å². The zero-order valence-corrected chi connectivity index (χ0v) is 11.2. The summed E-state index contributed by atoms with van der Waals surface area (Å²) >= 11 is 0. The van der Waals surface area contributed by atoms with E-state index in [4.69, 9.17) is 0 Å². The minimum absolute atomic E-state index is 0.0409. The number of hydrogen-bond donors (Lipinski definition) is 1. The predicted molar refractivity (Wildman–Crippen MR) is 71.8 cm³/mol. The molecule has 1 N–H and O–H groups in total. The van der Waals surface area contributed by atoms with Gasteiger partial charge in [-0.25, -0.2) is 4.39 Å². The average Bonchev–Trinajstić information content (AvgIpc) is 2.95. The van der Waals surface area contributed by atoms with Gasteiger partial charge in [0.25, 0.3) is 0 Å². The van der Waals surface area contributed by atoms with Gasteiger partial charge >= 0.3 is 5.69 Å². The molecular weight excluding hydrogens is 279 g/mol. The molecule has 1 aromatic carbocycles. The minimum Gasteiger partial charge on any atom is -0.350 e. The van der Waals surface area contributed by atoms with Crippen molar-refractivity contribution in [2.24, 2.45) is 0 Å². The lowest BCUT2D eigenvalue weighted by atomic mass is 10.2. The molecule has 1 heterocycles. The molecule has 2 aromatic rings. The Hall–Kier alpha value is -2.77. The summed E-state index contributed by atoms with van der Waals surface area (Å²) in [5.41, 5.74) is 0.174.